The molecule has 6 heteroatoms. The van der Waals surface area contributed by atoms with Crippen LogP contribution in [0.15, 0.2) is 29.6 Å². The summed E-state index contributed by atoms with van der Waals surface area (Å²) in [5, 5.41) is 5.70. The van der Waals surface area contributed by atoms with Crippen LogP contribution in [0.3, 0.4) is 0 Å². The van der Waals surface area contributed by atoms with Crippen molar-refractivity contribution in [1.29, 1.82) is 0 Å². The highest BCUT2D eigenvalue weighted by atomic mass is 35.5. The summed E-state index contributed by atoms with van der Waals surface area (Å²) in [6.07, 6.45) is 1.08. The van der Waals surface area contributed by atoms with Crippen molar-refractivity contribution in [3.63, 3.8) is 0 Å². The van der Waals surface area contributed by atoms with E-state index in [2.05, 4.69) is 34.6 Å². The lowest BCUT2D eigenvalue weighted by atomic mass is 10.1. The number of fused-ring (bicyclic) bond motifs is 3. The summed E-state index contributed by atoms with van der Waals surface area (Å²) >= 11 is 1.44. The molecule has 2 aliphatic rings. The minimum atomic E-state index is -0.0715. The molecule has 1 aromatic carbocycles. The Morgan fingerprint density at radius 3 is 3.00 bits per heavy atom. The van der Waals surface area contributed by atoms with Crippen LogP contribution in [0.1, 0.15) is 32.5 Å². The maximum absolute atomic E-state index is 12.2. The number of thiazole rings is 1. The molecule has 0 aliphatic heterocycles. The second kappa shape index (κ2) is 5.40. The van der Waals surface area contributed by atoms with Crippen LogP contribution >= 0.6 is 23.7 Å². The molecule has 1 saturated carbocycles. The Labute approximate surface area is 133 Å². The van der Waals surface area contributed by atoms with E-state index in [-0.39, 0.29) is 24.4 Å². The van der Waals surface area contributed by atoms with Gasteiger partial charge in [0.1, 0.15) is 10.7 Å². The smallest absolute Gasteiger partial charge is 0.271 e. The number of nitrogens with one attached hydrogen (secondary N) is 1. The Bertz CT molecular complexity index is 687. The fourth-order valence-corrected chi connectivity index (χ4v) is 3.94. The minimum Gasteiger partial charge on any atom is -0.347 e. The van der Waals surface area contributed by atoms with Gasteiger partial charge in [-0.3, -0.25) is 4.79 Å². The summed E-state index contributed by atoms with van der Waals surface area (Å²) in [4.78, 5) is 16.4. The molecule has 0 radical (unpaired) electrons. The molecule has 4 rings (SSSR count). The highest BCUT2D eigenvalue weighted by Crippen LogP contribution is 2.56. The van der Waals surface area contributed by atoms with Gasteiger partial charge in [0.25, 0.3) is 5.91 Å². The Morgan fingerprint density at radius 1 is 1.43 bits per heavy atom. The molecular weight excluding hydrogens is 306 g/mol. The van der Waals surface area contributed by atoms with Crippen LogP contribution < -0.4 is 11.1 Å². The molecule has 2 aromatic rings. The monoisotopic (exact) mass is 321 g/mol. The van der Waals surface area contributed by atoms with E-state index in [0.717, 1.165) is 11.4 Å². The molecule has 3 unspecified atom stereocenters. The van der Waals surface area contributed by atoms with E-state index in [0.29, 0.717) is 24.1 Å². The number of hydrogen-bond donors (Lipinski definition) is 2. The normalized spacial score (nSPS) is 24.7. The van der Waals surface area contributed by atoms with Gasteiger partial charge >= 0.3 is 0 Å². The average Bonchev–Trinajstić information content (AvgIpc) is 2.87. The minimum absolute atomic E-state index is 0. The lowest BCUT2D eigenvalue weighted by molar-refractivity contribution is 0.0943. The lowest BCUT2D eigenvalue weighted by Crippen LogP contribution is -2.29. The van der Waals surface area contributed by atoms with Gasteiger partial charge in [-0.25, -0.2) is 4.98 Å². The third-order valence-corrected chi connectivity index (χ3v) is 5.17. The van der Waals surface area contributed by atoms with Crippen molar-refractivity contribution in [1.82, 2.24) is 10.3 Å². The van der Waals surface area contributed by atoms with Gasteiger partial charge in [-0.1, -0.05) is 24.3 Å². The molecular formula is C15H16ClN3OS. The first-order chi connectivity index (χ1) is 9.78. The molecule has 3 N–H and O–H groups in total. The first-order valence-electron chi connectivity index (χ1n) is 6.81. The SMILES string of the molecule is Cl.NCc1nc(C(=O)NC2C3Cc4ccccc4C32)cs1. The van der Waals surface area contributed by atoms with Gasteiger partial charge in [0.05, 0.1) is 0 Å². The van der Waals surface area contributed by atoms with Crippen LogP contribution in [0, 0.1) is 5.92 Å². The number of aromatic nitrogens is 1. The third kappa shape index (κ3) is 2.35. The first-order valence-corrected chi connectivity index (χ1v) is 7.69. The number of halogens is 1. The highest BCUT2D eigenvalue weighted by Gasteiger charge is 2.56. The van der Waals surface area contributed by atoms with Crippen molar-refractivity contribution in [2.24, 2.45) is 11.7 Å². The molecule has 1 aromatic heterocycles. The predicted molar refractivity (Wildman–Crippen MR) is 84.9 cm³/mol. The largest absolute Gasteiger partial charge is 0.347 e. The van der Waals surface area contributed by atoms with Gasteiger partial charge in [0.2, 0.25) is 0 Å². The van der Waals surface area contributed by atoms with E-state index in [1.165, 1.54) is 22.5 Å². The molecule has 1 fully saturated rings. The quantitative estimate of drug-likeness (QED) is 0.909. The Hall–Kier alpha value is -1.43. The van der Waals surface area contributed by atoms with Crippen molar-refractivity contribution in [3.05, 3.63) is 51.5 Å². The fraction of sp³-hybridized carbons (Fsp3) is 0.333. The van der Waals surface area contributed by atoms with E-state index in [1.807, 2.05) is 0 Å². The lowest BCUT2D eigenvalue weighted by Gasteiger charge is -2.08. The van der Waals surface area contributed by atoms with Gasteiger partial charge in [0.15, 0.2) is 0 Å². The number of amides is 1. The van der Waals surface area contributed by atoms with Crippen LogP contribution in [0.5, 0.6) is 0 Å². The number of carbonyl (C=O) groups is 1. The highest BCUT2D eigenvalue weighted by molar-refractivity contribution is 7.09. The molecule has 1 amide bonds. The van der Waals surface area contributed by atoms with Crippen LogP contribution in [-0.4, -0.2) is 16.9 Å². The number of rotatable bonds is 3. The second-order valence-electron chi connectivity index (χ2n) is 5.42. The molecule has 3 atom stereocenters. The molecule has 1 heterocycles. The van der Waals surface area contributed by atoms with E-state index < -0.39 is 0 Å². The van der Waals surface area contributed by atoms with Crippen molar-refractivity contribution in [3.8, 4) is 0 Å². The van der Waals surface area contributed by atoms with Gasteiger partial charge in [-0.2, -0.15) is 0 Å². The van der Waals surface area contributed by atoms with E-state index in [1.54, 1.807) is 5.38 Å². The third-order valence-electron chi connectivity index (χ3n) is 4.30. The van der Waals surface area contributed by atoms with Crippen molar-refractivity contribution >= 4 is 29.7 Å². The Balaban J connectivity index is 0.00000132. The van der Waals surface area contributed by atoms with Gasteiger partial charge in [-0.15, -0.1) is 23.7 Å². The summed E-state index contributed by atoms with van der Waals surface area (Å²) < 4.78 is 0. The topological polar surface area (TPSA) is 68.0 Å². The predicted octanol–water partition coefficient (Wildman–Crippen LogP) is 2.09. The first kappa shape index (κ1) is 14.5. The van der Waals surface area contributed by atoms with Crippen LogP contribution in [-0.2, 0) is 13.0 Å². The number of nitrogens with two attached hydrogens (primary N) is 1. The number of hydrogen-bond acceptors (Lipinski definition) is 4. The van der Waals surface area contributed by atoms with E-state index >= 15 is 0 Å². The Kier molecular flexibility index (Phi) is 3.73. The van der Waals surface area contributed by atoms with Gasteiger partial charge in [0, 0.05) is 23.9 Å². The maximum Gasteiger partial charge on any atom is 0.271 e. The summed E-state index contributed by atoms with van der Waals surface area (Å²) in [6.45, 7) is 0.389. The zero-order valence-electron chi connectivity index (χ0n) is 11.3. The summed E-state index contributed by atoms with van der Waals surface area (Å²) in [5.41, 5.74) is 8.86. The van der Waals surface area contributed by atoms with E-state index in [9.17, 15) is 4.79 Å². The standard InChI is InChI=1S/C15H15N3OS.ClH/c16-6-12-17-11(7-20-12)15(19)18-14-10-5-8-3-1-2-4-9(8)13(10)14;/h1-4,7,10,13-14H,5-6,16H2,(H,18,19);1H. The van der Waals surface area contributed by atoms with Crippen LogP contribution in [0.25, 0.3) is 0 Å². The molecule has 21 heavy (non-hydrogen) atoms. The molecule has 110 valence electrons. The molecule has 0 saturated heterocycles. The zero-order valence-corrected chi connectivity index (χ0v) is 12.9. The maximum atomic E-state index is 12.2. The van der Waals surface area contributed by atoms with E-state index in [4.69, 9.17) is 5.73 Å². The number of nitrogens with zero attached hydrogens (tertiary/aromatic N) is 1. The van der Waals surface area contributed by atoms with Crippen molar-refractivity contribution in [2.75, 3.05) is 0 Å². The van der Waals surface area contributed by atoms with Crippen LogP contribution in [0.4, 0.5) is 0 Å². The van der Waals surface area contributed by atoms with Crippen molar-refractivity contribution in [2.45, 2.75) is 24.9 Å². The molecule has 4 nitrogen and oxygen atoms in total. The second-order valence-corrected chi connectivity index (χ2v) is 6.37. The summed E-state index contributed by atoms with van der Waals surface area (Å²) in [6, 6.07) is 8.81. The number of carbonyl (C=O) groups excluding carboxylic acids is 1. The number of benzene rings is 1. The van der Waals surface area contributed by atoms with Crippen LogP contribution in [0.2, 0.25) is 0 Å². The summed E-state index contributed by atoms with van der Waals surface area (Å²) in [7, 11) is 0. The molecule has 0 spiro atoms. The Morgan fingerprint density at radius 2 is 2.24 bits per heavy atom. The van der Waals surface area contributed by atoms with Gasteiger partial charge < -0.3 is 11.1 Å². The zero-order chi connectivity index (χ0) is 13.7. The summed E-state index contributed by atoms with van der Waals surface area (Å²) in [5.74, 6) is 1.00. The average molecular weight is 322 g/mol. The van der Waals surface area contributed by atoms with Gasteiger partial charge in [-0.05, 0) is 23.5 Å². The molecule has 0 bridgehead atoms. The fourth-order valence-electron chi connectivity index (χ4n) is 3.28. The molecule has 2 aliphatic carbocycles. The van der Waals surface area contributed by atoms with Crippen molar-refractivity contribution < 1.29 is 4.79 Å².